The molecule has 5 N–H and O–H groups in total. The van der Waals surface area contributed by atoms with Gasteiger partial charge < -0.3 is 21.3 Å². The predicted molar refractivity (Wildman–Crippen MR) is 134 cm³/mol. The fraction of sp³-hybridized carbons (Fsp3) is 0.440. The van der Waals surface area contributed by atoms with Gasteiger partial charge in [0.25, 0.3) is 5.91 Å². The SMILES string of the molecule is CCCCCc1ccc(C(=O)NCC(=O)N2CCC[C@H]2C(=O)NCc2cc(C(=N)N)cs2)cc1. The monoisotopic (exact) mass is 483 g/mol. The van der Waals surface area contributed by atoms with E-state index in [1.807, 2.05) is 12.1 Å². The Morgan fingerprint density at radius 2 is 1.91 bits per heavy atom. The molecule has 1 atom stereocenters. The first-order valence-electron chi connectivity index (χ1n) is 11.7. The summed E-state index contributed by atoms with van der Waals surface area (Å²) in [7, 11) is 0. The lowest BCUT2D eigenvalue weighted by atomic mass is 10.1. The van der Waals surface area contributed by atoms with Crippen LogP contribution >= 0.6 is 11.3 Å². The Balaban J connectivity index is 1.47. The van der Waals surface area contributed by atoms with Gasteiger partial charge in [0.05, 0.1) is 13.1 Å². The predicted octanol–water partition coefficient (Wildman–Crippen LogP) is 2.80. The van der Waals surface area contributed by atoms with E-state index in [4.69, 9.17) is 11.1 Å². The molecule has 8 nitrogen and oxygen atoms in total. The normalized spacial score (nSPS) is 15.2. The molecule has 0 aliphatic carbocycles. The van der Waals surface area contributed by atoms with Crippen molar-refractivity contribution in [1.82, 2.24) is 15.5 Å². The van der Waals surface area contributed by atoms with Crippen LogP contribution in [-0.2, 0) is 22.6 Å². The Morgan fingerprint density at radius 3 is 2.59 bits per heavy atom. The minimum absolute atomic E-state index is 0.00800. The number of thiophene rings is 1. The third-order valence-electron chi connectivity index (χ3n) is 5.96. The van der Waals surface area contributed by atoms with E-state index in [1.165, 1.54) is 29.7 Å². The first kappa shape index (κ1) is 25.4. The molecule has 2 aromatic rings. The molecule has 34 heavy (non-hydrogen) atoms. The number of likely N-dealkylation sites (tertiary alicyclic amines) is 1. The maximum atomic E-state index is 12.7. The summed E-state index contributed by atoms with van der Waals surface area (Å²) >= 11 is 1.42. The topological polar surface area (TPSA) is 128 Å². The van der Waals surface area contributed by atoms with Crippen LogP contribution in [0.1, 0.15) is 65.4 Å². The van der Waals surface area contributed by atoms with Crippen molar-refractivity contribution < 1.29 is 14.4 Å². The van der Waals surface area contributed by atoms with Crippen molar-refractivity contribution in [2.75, 3.05) is 13.1 Å². The number of carbonyl (C=O) groups excluding carboxylic acids is 3. The van der Waals surface area contributed by atoms with Crippen LogP contribution in [0.25, 0.3) is 0 Å². The van der Waals surface area contributed by atoms with E-state index < -0.39 is 6.04 Å². The lowest BCUT2D eigenvalue weighted by Crippen LogP contribution is -2.48. The molecule has 0 radical (unpaired) electrons. The number of amidine groups is 1. The average Bonchev–Trinajstić information content (AvgIpc) is 3.51. The molecule has 1 saturated heterocycles. The lowest BCUT2D eigenvalue weighted by Gasteiger charge is -2.24. The first-order chi connectivity index (χ1) is 16.4. The van der Waals surface area contributed by atoms with E-state index >= 15 is 0 Å². The second-order valence-corrected chi connectivity index (χ2v) is 9.51. The van der Waals surface area contributed by atoms with Gasteiger partial charge in [0.1, 0.15) is 11.9 Å². The molecule has 1 aliphatic heterocycles. The van der Waals surface area contributed by atoms with Gasteiger partial charge in [-0.1, -0.05) is 31.9 Å². The van der Waals surface area contributed by atoms with Crippen molar-refractivity contribution in [3.05, 3.63) is 57.3 Å². The van der Waals surface area contributed by atoms with Gasteiger partial charge in [0, 0.05) is 27.9 Å². The zero-order valence-electron chi connectivity index (χ0n) is 19.6. The van der Waals surface area contributed by atoms with Crippen molar-refractivity contribution in [1.29, 1.82) is 5.41 Å². The Bertz CT molecular complexity index is 1020. The Morgan fingerprint density at radius 1 is 1.15 bits per heavy atom. The van der Waals surface area contributed by atoms with E-state index in [9.17, 15) is 14.4 Å². The molecule has 1 aliphatic rings. The highest BCUT2D eigenvalue weighted by Crippen LogP contribution is 2.19. The summed E-state index contributed by atoms with van der Waals surface area (Å²) < 4.78 is 0. The third-order valence-corrected chi connectivity index (χ3v) is 6.90. The lowest BCUT2D eigenvalue weighted by molar-refractivity contribution is -0.137. The largest absolute Gasteiger partial charge is 0.384 e. The van der Waals surface area contributed by atoms with Crippen LogP contribution in [0.5, 0.6) is 0 Å². The molecular weight excluding hydrogens is 450 g/mol. The molecule has 3 rings (SSSR count). The van der Waals surface area contributed by atoms with E-state index in [1.54, 1.807) is 28.5 Å². The number of carbonyl (C=O) groups is 3. The van der Waals surface area contributed by atoms with E-state index in [0.29, 0.717) is 30.6 Å². The van der Waals surface area contributed by atoms with Crippen LogP contribution < -0.4 is 16.4 Å². The van der Waals surface area contributed by atoms with Gasteiger partial charge in [-0.15, -0.1) is 11.3 Å². The number of nitrogens with zero attached hydrogens (tertiary/aromatic N) is 1. The standard InChI is InChI=1S/C25H33N5O3S/c1-2-3-4-6-17-8-10-18(11-9-17)24(32)29-15-22(31)30-12-5-7-21(30)25(33)28-14-20-13-19(16-34-20)23(26)27/h8-11,13,16,21H,2-7,12,14-15H2,1H3,(H3,26,27)(H,28,33)(H,29,32)/t21-/m0/s1. The highest BCUT2D eigenvalue weighted by atomic mass is 32.1. The summed E-state index contributed by atoms with van der Waals surface area (Å²) in [5.41, 5.74) is 7.83. The Hall–Kier alpha value is -3.20. The number of nitrogen functional groups attached to an aromatic ring is 1. The Labute approximate surface area is 204 Å². The van der Waals surface area contributed by atoms with E-state index in [-0.39, 0.29) is 30.1 Å². The van der Waals surface area contributed by atoms with E-state index in [0.717, 1.165) is 24.1 Å². The number of nitrogens with one attached hydrogen (secondary N) is 3. The van der Waals surface area contributed by atoms with E-state index in [2.05, 4.69) is 17.6 Å². The average molecular weight is 484 g/mol. The highest BCUT2D eigenvalue weighted by Gasteiger charge is 2.33. The van der Waals surface area contributed by atoms with Gasteiger partial charge >= 0.3 is 0 Å². The van der Waals surface area contributed by atoms with Gasteiger partial charge in [-0.3, -0.25) is 19.8 Å². The van der Waals surface area contributed by atoms with Gasteiger partial charge in [-0.05, 0) is 49.4 Å². The van der Waals surface area contributed by atoms with Gasteiger partial charge in [-0.2, -0.15) is 0 Å². The minimum atomic E-state index is -0.543. The summed E-state index contributed by atoms with van der Waals surface area (Å²) in [5.74, 6) is -0.787. The van der Waals surface area contributed by atoms with Crippen LogP contribution in [0.4, 0.5) is 0 Å². The number of benzene rings is 1. The molecule has 0 saturated carbocycles. The first-order valence-corrected chi connectivity index (χ1v) is 12.6. The number of aryl methyl sites for hydroxylation is 1. The molecule has 0 spiro atoms. The van der Waals surface area contributed by atoms with Gasteiger partial charge in [0.15, 0.2) is 0 Å². The fourth-order valence-corrected chi connectivity index (χ4v) is 4.83. The number of unbranched alkanes of at least 4 members (excludes halogenated alkanes) is 2. The number of rotatable bonds is 11. The van der Waals surface area contributed by atoms with Gasteiger partial charge in [0.2, 0.25) is 11.8 Å². The quantitative estimate of drug-likeness (QED) is 0.223. The zero-order chi connectivity index (χ0) is 24.5. The minimum Gasteiger partial charge on any atom is -0.384 e. The maximum absolute atomic E-state index is 12.7. The molecule has 2 heterocycles. The van der Waals surface area contributed by atoms with Crippen molar-refractivity contribution in [3.8, 4) is 0 Å². The van der Waals surface area contributed by atoms with Crippen LogP contribution in [0.3, 0.4) is 0 Å². The van der Waals surface area contributed by atoms with Crippen LogP contribution in [-0.4, -0.2) is 47.6 Å². The molecule has 3 amide bonds. The maximum Gasteiger partial charge on any atom is 0.251 e. The molecular formula is C25H33N5O3S. The fourth-order valence-electron chi connectivity index (χ4n) is 4.01. The zero-order valence-corrected chi connectivity index (χ0v) is 20.4. The van der Waals surface area contributed by atoms with Crippen LogP contribution in [0, 0.1) is 5.41 Å². The van der Waals surface area contributed by atoms with Gasteiger partial charge in [-0.25, -0.2) is 0 Å². The molecule has 182 valence electrons. The highest BCUT2D eigenvalue weighted by molar-refractivity contribution is 7.10. The molecule has 1 aromatic carbocycles. The third kappa shape index (κ3) is 6.90. The number of hydrogen-bond acceptors (Lipinski definition) is 5. The molecule has 0 unspecified atom stereocenters. The second kappa shape index (κ2) is 12.3. The number of nitrogens with two attached hydrogens (primary N) is 1. The summed E-state index contributed by atoms with van der Waals surface area (Å²) in [5, 5.41) is 14.8. The van der Waals surface area contributed by atoms with Crippen LogP contribution in [0.15, 0.2) is 35.7 Å². The van der Waals surface area contributed by atoms with Crippen LogP contribution in [0.2, 0.25) is 0 Å². The molecule has 0 bridgehead atoms. The smallest absolute Gasteiger partial charge is 0.251 e. The molecule has 1 aromatic heterocycles. The van der Waals surface area contributed by atoms with Crippen molar-refractivity contribution >= 4 is 34.9 Å². The summed E-state index contributed by atoms with van der Waals surface area (Å²) in [6.07, 6.45) is 5.82. The molecule has 9 heteroatoms. The molecule has 1 fully saturated rings. The summed E-state index contributed by atoms with van der Waals surface area (Å²) in [6, 6.07) is 8.72. The van der Waals surface area contributed by atoms with Crippen molar-refractivity contribution in [2.24, 2.45) is 5.73 Å². The van der Waals surface area contributed by atoms with Crippen molar-refractivity contribution in [2.45, 2.75) is 58.0 Å². The number of amides is 3. The summed E-state index contributed by atoms with van der Waals surface area (Å²) in [4.78, 5) is 40.4. The Kier molecular flexibility index (Phi) is 9.21. The summed E-state index contributed by atoms with van der Waals surface area (Å²) in [6.45, 7) is 2.84. The van der Waals surface area contributed by atoms with Crippen molar-refractivity contribution in [3.63, 3.8) is 0 Å². The number of hydrogen-bond donors (Lipinski definition) is 4. The second-order valence-electron chi connectivity index (χ2n) is 8.52.